The fourth-order valence-corrected chi connectivity index (χ4v) is 3.00. The minimum Gasteiger partial charge on any atom is -0.376 e. The first-order valence-corrected chi connectivity index (χ1v) is 8.68. The van der Waals surface area contributed by atoms with Crippen LogP contribution in [0.1, 0.15) is 45.6 Å². The molecule has 1 amide bonds. The molecule has 1 saturated heterocycles. The highest BCUT2D eigenvalue weighted by Crippen LogP contribution is 2.20. The molecular formula is C19H30N2O2. The molecule has 1 unspecified atom stereocenters. The van der Waals surface area contributed by atoms with E-state index in [2.05, 4.69) is 24.4 Å². The third kappa shape index (κ3) is 4.96. The van der Waals surface area contributed by atoms with Crippen molar-refractivity contribution >= 4 is 11.6 Å². The van der Waals surface area contributed by atoms with Crippen LogP contribution < -0.4 is 5.32 Å². The van der Waals surface area contributed by atoms with Crippen LogP contribution in [0.25, 0.3) is 0 Å². The number of nitrogens with zero attached hydrogens (tertiary/aromatic N) is 1. The molecule has 1 aromatic rings. The Labute approximate surface area is 140 Å². The van der Waals surface area contributed by atoms with Gasteiger partial charge in [0.15, 0.2) is 0 Å². The number of ether oxygens (including phenoxy) is 1. The van der Waals surface area contributed by atoms with Crippen LogP contribution in [-0.2, 0) is 9.53 Å². The van der Waals surface area contributed by atoms with Crippen molar-refractivity contribution in [2.24, 2.45) is 0 Å². The van der Waals surface area contributed by atoms with Gasteiger partial charge in [0.05, 0.1) is 6.10 Å². The lowest BCUT2D eigenvalue weighted by Gasteiger charge is -2.35. The molecule has 1 aromatic carbocycles. The molecule has 1 atom stereocenters. The lowest BCUT2D eigenvalue weighted by molar-refractivity contribution is -0.137. The molecule has 1 aliphatic heterocycles. The van der Waals surface area contributed by atoms with Crippen LogP contribution in [0, 0.1) is 6.92 Å². The molecule has 0 bridgehead atoms. The molecule has 0 saturated carbocycles. The maximum absolute atomic E-state index is 12.9. The number of carbonyl (C=O) groups is 1. The minimum absolute atomic E-state index is 0.120. The molecule has 0 aliphatic carbocycles. The summed E-state index contributed by atoms with van der Waals surface area (Å²) >= 11 is 0. The van der Waals surface area contributed by atoms with Gasteiger partial charge in [0.25, 0.3) is 0 Å². The summed E-state index contributed by atoms with van der Waals surface area (Å²) in [5, 5.41) is 3.37. The predicted octanol–water partition coefficient (Wildman–Crippen LogP) is 3.60. The van der Waals surface area contributed by atoms with Gasteiger partial charge in [-0.3, -0.25) is 4.79 Å². The number of amides is 1. The number of nitrogens with one attached hydrogen (secondary N) is 1. The molecule has 0 radical (unpaired) electrons. The van der Waals surface area contributed by atoms with Crippen LogP contribution in [0.15, 0.2) is 24.3 Å². The van der Waals surface area contributed by atoms with Crippen LogP contribution in [-0.4, -0.2) is 42.1 Å². The first-order chi connectivity index (χ1) is 10.9. The SMILES string of the molecule is CCN(CC1CCCCO1)C(=O)C(C)(C)Nc1ccc(C)cc1. The van der Waals surface area contributed by atoms with Crippen LogP contribution in [0.3, 0.4) is 0 Å². The van der Waals surface area contributed by atoms with Crippen LogP contribution >= 0.6 is 0 Å². The fourth-order valence-electron chi connectivity index (χ4n) is 3.00. The van der Waals surface area contributed by atoms with Crippen LogP contribution in [0.4, 0.5) is 5.69 Å². The molecule has 0 aromatic heterocycles. The van der Waals surface area contributed by atoms with E-state index in [4.69, 9.17) is 4.74 Å². The fraction of sp³-hybridized carbons (Fsp3) is 0.632. The Hall–Kier alpha value is -1.55. The Balaban J connectivity index is 2.00. The van der Waals surface area contributed by atoms with Crippen molar-refractivity contribution in [3.63, 3.8) is 0 Å². The molecule has 4 nitrogen and oxygen atoms in total. The largest absolute Gasteiger partial charge is 0.376 e. The average Bonchev–Trinajstić information content (AvgIpc) is 2.55. The van der Waals surface area contributed by atoms with Gasteiger partial charge in [0.1, 0.15) is 5.54 Å². The molecule has 4 heteroatoms. The molecule has 2 rings (SSSR count). The number of rotatable bonds is 6. The van der Waals surface area contributed by atoms with Gasteiger partial charge in [-0.15, -0.1) is 0 Å². The van der Waals surface area contributed by atoms with Gasteiger partial charge in [-0.25, -0.2) is 0 Å². The number of hydrogen-bond donors (Lipinski definition) is 1. The lowest BCUT2D eigenvalue weighted by atomic mass is 10.0. The molecule has 1 heterocycles. The molecule has 0 spiro atoms. The van der Waals surface area contributed by atoms with E-state index in [0.29, 0.717) is 13.1 Å². The predicted molar refractivity (Wildman–Crippen MR) is 94.7 cm³/mol. The summed E-state index contributed by atoms with van der Waals surface area (Å²) in [5.74, 6) is 0.120. The van der Waals surface area contributed by atoms with E-state index < -0.39 is 5.54 Å². The molecule has 1 aliphatic rings. The third-order valence-electron chi connectivity index (χ3n) is 4.41. The number of anilines is 1. The number of carbonyl (C=O) groups excluding carboxylic acids is 1. The summed E-state index contributed by atoms with van der Waals surface area (Å²) in [7, 11) is 0. The minimum atomic E-state index is -0.639. The summed E-state index contributed by atoms with van der Waals surface area (Å²) in [4.78, 5) is 14.9. The van der Waals surface area contributed by atoms with E-state index in [0.717, 1.165) is 25.1 Å². The van der Waals surface area contributed by atoms with Crippen molar-refractivity contribution in [1.82, 2.24) is 4.90 Å². The zero-order chi connectivity index (χ0) is 16.9. The Morgan fingerprint density at radius 2 is 2.00 bits per heavy atom. The van der Waals surface area contributed by atoms with Crippen molar-refractivity contribution in [1.29, 1.82) is 0 Å². The van der Waals surface area contributed by atoms with E-state index in [-0.39, 0.29) is 12.0 Å². The van der Waals surface area contributed by atoms with Crippen LogP contribution in [0.5, 0.6) is 0 Å². The van der Waals surface area contributed by atoms with E-state index in [1.807, 2.05) is 37.8 Å². The van der Waals surface area contributed by atoms with E-state index in [1.54, 1.807) is 0 Å². The van der Waals surface area contributed by atoms with Crippen molar-refractivity contribution < 1.29 is 9.53 Å². The van der Waals surface area contributed by atoms with Gasteiger partial charge in [0.2, 0.25) is 5.91 Å². The molecule has 23 heavy (non-hydrogen) atoms. The summed E-state index contributed by atoms with van der Waals surface area (Å²) in [6, 6.07) is 8.14. The van der Waals surface area contributed by atoms with Crippen molar-refractivity contribution in [2.45, 2.75) is 58.6 Å². The molecule has 1 fully saturated rings. The second-order valence-electron chi connectivity index (χ2n) is 6.95. The summed E-state index contributed by atoms with van der Waals surface area (Å²) in [6.45, 7) is 10.2. The van der Waals surface area contributed by atoms with Gasteiger partial charge >= 0.3 is 0 Å². The summed E-state index contributed by atoms with van der Waals surface area (Å²) < 4.78 is 5.79. The highest BCUT2D eigenvalue weighted by Gasteiger charge is 2.32. The van der Waals surface area contributed by atoms with Gasteiger partial charge < -0.3 is 15.0 Å². The second kappa shape index (κ2) is 7.82. The third-order valence-corrected chi connectivity index (χ3v) is 4.41. The zero-order valence-electron chi connectivity index (χ0n) is 14.9. The van der Waals surface area contributed by atoms with Crippen molar-refractivity contribution in [2.75, 3.05) is 25.0 Å². The monoisotopic (exact) mass is 318 g/mol. The smallest absolute Gasteiger partial charge is 0.247 e. The van der Waals surface area contributed by atoms with Crippen LogP contribution in [0.2, 0.25) is 0 Å². The second-order valence-corrected chi connectivity index (χ2v) is 6.95. The maximum Gasteiger partial charge on any atom is 0.247 e. The number of benzene rings is 1. The number of hydrogen-bond acceptors (Lipinski definition) is 3. The standard InChI is InChI=1S/C19H30N2O2/c1-5-21(14-17-8-6-7-13-23-17)18(22)19(3,4)20-16-11-9-15(2)10-12-16/h9-12,17,20H,5-8,13-14H2,1-4H3. The van der Waals surface area contributed by atoms with E-state index in [1.165, 1.54) is 12.0 Å². The Kier molecular flexibility index (Phi) is 6.05. The molecular weight excluding hydrogens is 288 g/mol. The highest BCUT2D eigenvalue weighted by molar-refractivity contribution is 5.88. The quantitative estimate of drug-likeness (QED) is 0.871. The Bertz CT molecular complexity index is 505. The highest BCUT2D eigenvalue weighted by atomic mass is 16.5. The molecule has 1 N–H and O–H groups in total. The van der Waals surface area contributed by atoms with E-state index in [9.17, 15) is 4.79 Å². The van der Waals surface area contributed by atoms with Crippen molar-refractivity contribution in [3.05, 3.63) is 29.8 Å². The summed E-state index contributed by atoms with van der Waals surface area (Å²) in [5.41, 5.74) is 1.54. The maximum atomic E-state index is 12.9. The van der Waals surface area contributed by atoms with Gasteiger partial charge in [0, 0.05) is 25.4 Å². The van der Waals surface area contributed by atoms with Gasteiger partial charge in [-0.1, -0.05) is 17.7 Å². The van der Waals surface area contributed by atoms with Gasteiger partial charge in [-0.2, -0.15) is 0 Å². The first-order valence-electron chi connectivity index (χ1n) is 8.68. The van der Waals surface area contributed by atoms with E-state index >= 15 is 0 Å². The normalized spacial score (nSPS) is 18.5. The zero-order valence-corrected chi connectivity index (χ0v) is 14.9. The number of aryl methyl sites for hydroxylation is 1. The Morgan fingerprint density at radius 3 is 2.57 bits per heavy atom. The topological polar surface area (TPSA) is 41.6 Å². The van der Waals surface area contributed by atoms with Crippen molar-refractivity contribution in [3.8, 4) is 0 Å². The Morgan fingerprint density at radius 1 is 1.30 bits per heavy atom. The summed E-state index contributed by atoms with van der Waals surface area (Å²) in [6.07, 6.45) is 3.57. The first kappa shape index (κ1) is 17.8. The number of likely N-dealkylation sites (N-methyl/N-ethyl adjacent to an activating group) is 1. The molecule has 128 valence electrons. The average molecular weight is 318 g/mol. The van der Waals surface area contributed by atoms with Gasteiger partial charge in [-0.05, 0) is 59.1 Å². The lowest BCUT2D eigenvalue weighted by Crippen LogP contribution is -2.52.